The smallest absolute Gasteiger partial charge is 0.129 e. The fourth-order valence-corrected chi connectivity index (χ4v) is 1.56. The number of nitrogen functional groups attached to an aromatic ring is 1. The Balaban J connectivity index is 2.94. The van der Waals surface area contributed by atoms with Crippen LogP contribution in [0.2, 0.25) is 0 Å². The molecule has 0 spiro atoms. The molecule has 1 heterocycles. The zero-order valence-electron chi connectivity index (χ0n) is 9.40. The first-order valence-electron chi connectivity index (χ1n) is 5.08. The van der Waals surface area contributed by atoms with Crippen LogP contribution in [0.4, 0.5) is 5.82 Å². The van der Waals surface area contributed by atoms with Gasteiger partial charge in [-0.25, -0.2) is 4.98 Å². The van der Waals surface area contributed by atoms with E-state index in [9.17, 15) is 5.11 Å². The molecule has 84 valence electrons. The minimum absolute atomic E-state index is 0.278. The summed E-state index contributed by atoms with van der Waals surface area (Å²) in [6.07, 6.45) is 0.630. The molecule has 2 atom stereocenters. The van der Waals surface area contributed by atoms with E-state index in [1.165, 1.54) is 0 Å². The van der Waals surface area contributed by atoms with Crippen molar-refractivity contribution in [3.8, 4) is 0 Å². The van der Waals surface area contributed by atoms with Crippen LogP contribution in [-0.2, 0) is 4.74 Å². The molecule has 1 aromatic rings. The van der Waals surface area contributed by atoms with E-state index in [0.29, 0.717) is 18.0 Å². The highest BCUT2D eigenvalue weighted by Gasteiger charge is 2.21. The second-order valence-electron chi connectivity index (χ2n) is 3.53. The summed E-state index contributed by atoms with van der Waals surface area (Å²) in [6.45, 7) is 6.18. The van der Waals surface area contributed by atoms with E-state index < -0.39 is 6.10 Å². The number of rotatable bonds is 4. The molecule has 0 fully saturated rings. The lowest BCUT2D eigenvalue weighted by atomic mass is 10.0. The van der Waals surface area contributed by atoms with Gasteiger partial charge in [-0.1, -0.05) is 0 Å². The summed E-state index contributed by atoms with van der Waals surface area (Å²) < 4.78 is 5.33. The van der Waals surface area contributed by atoms with E-state index in [1.54, 1.807) is 6.20 Å². The Hall–Kier alpha value is -1.13. The maximum atomic E-state index is 10.0. The quantitative estimate of drug-likeness (QED) is 0.788. The van der Waals surface area contributed by atoms with Gasteiger partial charge >= 0.3 is 0 Å². The maximum Gasteiger partial charge on any atom is 0.129 e. The van der Waals surface area contributed by atoms with Crippen molar-refractivity contribution >= 4 is 5.82 Å². The van der Waals surface area contributed by atoms with Gasteiger partial charge < -0.3 is 15.6 Å². The molecule has 3 N–H and O–H groups in total. The zero-order valence-corrected chi connectivity index (χ0v) is 9.40. The third-order valence-corrected chi connectivity index (χ3v) is 2.41. The Morgan fingerprint density at radius 1 is 1.60 bits per heavy atom. The average molecular weight is 210 g/mol. The van der Waals surface area contributed by atoms with Crippen molar-refractivity contribution in [2.75, 3.05) is 12.3 Å². The largest absolute Gasteiger partial charge is 0.386 e. The van der Waals surface area contributed by atoms with Gasteiger partial charge in [-0.05, 0) is 32.4 Å². The lowest BCUT2D eigenvalue weighted by Gasteiger charge is -2.21. The second kappa shape index (κ2) is 5.09. The first-order chi connectivity index (χ1) is 7.07. The van der Waals surface area contributed by atoms with Crippen molar-refractivity contribution in [1.82, 2.24) is 4.98 Å². The molecule has 0 aliphatic rings. The molecule has 1 rings (SSSR count). The number of hydrogen-bond acceptors (Lipinski definition) is 4. The molecule has 0 aliphatic carbocycles. The molecule has 0 radical (unpaired) electrons. The van der Waals surface area contributed by atoms with Gasteiger partial charge in [-0.15, -0.1) is 0 Å². The Morgan fingerprint density at radius 2 is 2.27 bits per heavy atom. The van der Waals surface area contributed by atoms with Gasteiger partial charge in [-0.2, -0.15) is 0 Å². The number of aromatic nitrogens is 1. The SMILES string of the molecule is CCOC(C)C(O)c1c(C)ccnc1N. The van der Waals surface area contributed by atoms with Gasteiger partial charge in [0.15, 0.2) is 0 Å². The number of ether oxygens (including phenoxy) is 1. The standard InChI is InChI=1S/C11H18N2O2/c1-4-15-8(3)10(14)9-7(2)5-6-13-11(9)12/h5-6,8,10,14H,4H2,1-3H3,(H2,12,13). The summed E-state index contributed by atoms with van der Waals surface area (Å²) in [5.41, 5.74) is 7.33. The number of anilines is 1. The van der Waals surface area contributed by atoms with Gasteiger partial charge in [0.2, 0.25) is 0 Å². The maximum absolute atomic E-state index is 10.0. The van der Waals surface area contributed by atoms with E-state index in [1.807, 2.05) is 26.8 Å². The molecular weight excluding hydrogens is 192 g/mol. The highest BCUT2D eigenvalue weighted by Crippen LogP contribution is 2.26. The van der Waals surface area contributed by atoms with Crippen LogP contribution in [0.15, 0.2) is 12.3 Å². The van der Waals surface area contributed by atoms with Crippen molar-refractivity contribution in [3.05, 3.63) is 23.4 Å². The number of aliphatic hydroxyl groups excluding tert-OH is 1. The fourth-order valence-electron chi connectivity index (χ4n) is 1.56. The van der Waals surface area contributed by atoms with Gasteiger partial charge in [0.25, 0.3) is 0 Å². The van der Waals surface area contributed by atoms with Crippen molar-refractivity contribution in [2.24, 2.45) is 0 Å². The third-order valence-electron chi connectivity index (χ3n) is 2.41. The summed E-state index contributed by atoms with van der Waals surface area (Å²) in [4.78, 5) is 3.97. The van der Waals surface area contributed by atoms with Crippen molar-refractivity contribution in [3.63, 3.8) is 0 Å². The molecule has 0 bridgehead atoms. The van der Waals surface area contributed by atoms with E-state index >= 15 is 0 Å². The molecule has 0 amide bonds. The molecule has 0 saturated heterocycles. The number of nitrogens with two attached hydrogens (primary N) is 1. The molecule has 4 heteroatoms. The molecule has 4 nitrogen and oxygen atoms in total. The van der Waals surface area contributed by atoms with Gasteiger partial charge in [0, 0.05) is 18.4 Å². The molecule has 2 unspecified atom stereocenters. The van der Waals surface area contributed by atoms with Crippen LogP contribution in [0.3, 0.4) is 0 Å². The summed E-state index contributed by atoms with van der Waals surface area (Å²) >= 11 is 0. The summed E-state index contributed by atoms with van der Waals surface area (Å²) in [6, 6.07) is 1.83. The Bertz CT molecular complexity index is 308. The molecule has 15 heavy (non-hydrogen) atoms. The molecular formula is C11H18N2O2. The number of hydrogen-bond donors (Lipinski definition) is 2. The minimum Gasteiger partial charge on any atom is -0.386 e. The van der Waals surface area contributed by atoms with Crippen molar-refractivity contribution in [2.45, 2.75) is 33.0 Å². The fraction of sp³-hybridized carbons (Fsp3) is 0.545. The van der Waals surface area contributed by atoms with E-state index in [4.69, 9.17) is 10.5 Å². The van der Waals surface area contributed by atoms with Crippen LogP contribution < -0.4 is 5.73 Å². The van der Waals surface area contributed by atoms with Crippen LogP contribution in [0.1, 0.15) is 31.1 Å². The Labute approximate surface area is 90.1 Å². The molecule has 0 saturated carbocycles. The van der Waals surface area contributed by atoms with Crippen LogP contribution in [0.5, 0.6) is 0 Å². The molecule has 0 aromatic carbocycles. The van der Waals surface area contributed by atoms with Gasteiger partial charge in [-0.3, -0.25) is 0 Å². The van der Waals surface area contributed by atoms with Crippen LogP contribution in [-0.4, -0.2) is 22.8 Å². The second-order valence-corrected chi connectivity index (χ2v) is 3.53. The average Bonchev–Trinajstić information content (AvgIpc) is 2.17. The topological polar surface area (TPSA) is 68.4 Å². The van der Waals surface area contributed by atoms with Gasteiger partial charge in [0.1, 0.15) is 11.9 Å². The summed E-state index contributed by atoms with van der Waals surface area (Å²) in [5, 5.41) is 10.0. The first kappa shape index (κ1) is 11.9. The van der Waals surface area contributed by atoms with Crippen LogP contribution in [0, 0.1) is 6.92 Å². The number of aryl methyl sites for hydroxylation is 1. The third kappa shape index (κ3) is 2.67. The number of pyridine rings is 1. The lowest BCUT2D eigenvalue weighted by Crippen LogP contribution is -2.21. The normalized spacial score (nSPS) is 14.9. The van der Waals surface area contributed by atoms with Gasteiger partial charge in [0.05, 0.1) is 6.10 Å². The lowest BCUT2D eigenvalue weighted by molar-refractivity contribution is -0.0228. The molecule has 0 aliphatic heterocycles. The number of aliphatic hydroxyl groups is 1. The van der Waals surface area contributed by atoms with Crippen LogP contribution >= 0.6 is 0 Å². The predicted molar refractivity (Wildman–Crippen MR) is 59.4 cm³/mol. The first-order valence-corrected chi connectivity index (χ1v) is 5.08. The van der Waals surface area contributed by atoms with Crippen LogP contribution in [0.25, 0.3) is 0 Å². The molecule has 1 aromatic heterocycles. The minimum atomic E-state index is -0.723. The monoisotopic (exact) mass is 210 g/mol. The zero-order chi connectivity index (χ0) is 11.4. The summed E-state index contributed by atoms with van der Waals surface area (Å²) in [7, 11) is 0. The van der Waals surface area contributed by atoms with E-state index in [-0.39, 0.29) is 6.10 Å². The highest BCUT2D eigenvalue weighted by atomic mass is 16.5. The summed E-state index contributed by atoms with van der Waals surface area (Å²) in [5.74, 6) is 0.369. The Kier molecular flexibility index (Phi) is 4.05. The number of nitrogens with zero attached hydrogens (tertiary/aromatic N) is 1. The van der Waals surface area contributed by atoms with E-state index in [0.717, 1.165) is 5.56 Å². The Morgan fingerprint density at radius 3 is 2.80 bits per heavy atom. The highest BCUT2D eigenvalue weighted by molar-refractivity contribution is 5.45. The predicted octanol–water partition coefficient (Wildman–Crippen LogP) is 1.43. The van der Waals surface area contributed by atoms with Crippen molar-refractivity contribution < 1.29 is 9.84 Å². The van der Waals surface area contributed by atoms with E-state index in [2.05, 4.69) is 4.98 Å². The van der Waals surface area contributed by atoms with Crippen molar-refractivity contribution in [1.29, 1.82) is 0 Å².